The van der Waals surface area contributed by atoms with E-state index in [4.69, 9.17) is 0 Å². The molecule has 0 amide bonds. The number of rotatable bonds is 9. The molecule has 0 bridgehead atoms. The van der Waals surface area contributed by atoms with Crippen molar-refractivity contribution in [3.8, 4) is 0 Å². The fourth-order valence-electron chi connectivity index (χ4n) is 4.32. The molecular weight excluding hydrogens is 372 g/mol. The van der Waals surface area contributed by atoms with E-state index in [0.717, 1.165) is 38.5 Å². The highest BCUT2D eigenvalue weighted by atomic mass is 14.2. The van der Waals surface area contributed by atoms with E-state index in [1.54, 1.807) is 0 Å². The summed E-state index contributed by atoms with van der Waals surface area (Å²) in [4.78, 5) is 0. The van der Waals surface area contributed by atoms with Gasteiger partial charge in [-0.15, -0.1) is 0 Å². The van der Waals surface area contributed by atoms with Crippen LogP contribution in [-0.4, -0.2) is 0 Å². The molecule has 0 aliphatic carbocycles. The molecule has 0 aromatic heterocycles. The number of aryl methyl sites for hydroxylation is 1. The van der Waals surface area contributed by atoms with Crippen LogP contribution in [0.3, 0.4) is 0 Å². The van der Waals surface area contributed by atoms with Crippen molar-refractivity contribution >= 4 is 0 Å². The van der Waals surface area contributed by atoms with Gasteiger partial charge in [0.1, 0.15) is 0 Å². The lowest BCUT2D eigenvalue weighted by molar-refractivity contribution is 0.835. The van der Waals surface area contributed by atoms with Crippen molar-refractivity contribution in [3.05, 3.63) is 149 Å². The number of benzene rings is 4. The molecule has 31 heavy (non-hydrogen) atoms. The average molecular weight is 404 g/mol. The van der Waals surface area contributed by atoms with Crippen molar-refractivity contribution in [2.24, 2.45) is 0 Å². The van der Waals surface area contributed by atoms with Gasteiger partial charge in [-0.2, -0.15) is 0 Å². The van der Waals surface area contributed by atoms with Gasteiger partial charge in [-0.3, -0.25) is 0 Å². The van der Waals surface area contributed by atoms with Gasteiger partial charge in [0, 0.05) is 0 Å². The first-order valence-corrected chi connectivity index (χ1v) is 11.4. The predicted octanol–water partition coefficient (Wildman–Crippen LogP) is 7.62. The average Bonchev–Trinajstić information content (AvgIpc) is 2.82. The largest absolute Gasteiger partial charge is 0.0622 e. The third-order valence-electron chi connectivity index (χ3n) is 5.91. The Bertz CT molecular complexity index is 1000. The summed E-state index contributed by atoms with van der Waals surface area (Å²) in [7, 11) is 0. The van der Waals surface area contributed by atoms with Gasteiger partial charge in [0.15, 0.2) is 0 Å². The van der Waals surface area contributed by atoms with Gasteiger partial charge < -0.3 is 0 Å². The van der Waals surface area contributed by atoms with E-state index in [-0.39, 0.29) is 0 Å². The maximum Gasteiger partial charge on any atom is -0.00201 e. The fraction of sp³-hybridized carbons (Fsp3) is 0.194. The number of hydrogen-bond acceptors (Lipinski definition) is 0. The molecule has 0 heteroatoms. The first-order valence-electron chi connectivity index (χ1n) is 11.4. The normalized spacial score (nSPS) is 10.9. The molecule has 155 valence electrons. The molecule has 0 N–H and O–H groups in total. The second kappa shape index (κ2) is 10.8. The van der Waals surface area contributed by atoms with Crippen molar-refractivity contribution in [2.45, 2.75) is 38.5 Å². The highest BCUT2D eigenvalue weighted by Crippen LogP contribution is 2.27. The summed E-state index contributed by atoms with van der Waals surface area (Å²) in [5.41, 5.74) is 9.96. The van der Waals surface area contributed by atoms with E-state index in [1.807, 2.05) is 0 Å². The molecule has 0 atom stereocenters. The first kappa shape index (κ1) is 21.1. The molecule has 0 saturated heterocycles. The summed E-state index contributed by atoms with van der Waals surface area (Å²) in [6.45, 7) is 4.05. The van der Waals surface area contributed by atoms with Crippen LogP contribution in [0.15, 0.2) is 103 Å². The lowest BCUT2D eigenvalue weighted by Crippen LogP contribution is -2.06. The molecule has 0 saturated carbocycles. The predicted molar refractivity (Wildman–Crippen MR) is 132 cm³/mol. The maximum absolute atomic E-state index is 4.05. The molecule has 4 aromatic rings. The fourth-order valence-corrected chi connectivity index (χ4v) is 4.32. The molecule has 0 fully saturated rings. The zero-order chi connectivity index (χ0) is 21.3. The van der Waals surface area contributed by atoms with Crippen LogP contribution in [-0.2, 0) is 25.7 Å². The van der Waals surface area contributed by atoms with Crippen molar-refractivity contribution < 1.29 is 0 Å². The van der Waals surface area contributed by atoms with Gasteiger partial charge in [-0.25, -0.2) is 0 Å². The maximum atomic E-state index is 4.05. The van der Waals surface area contributed by atoms with Crippen LogP contribution in [0.2, 0.25) is 0 Å². The summed E-state index contributed by atoms with van der Waals surface area (Å²) in [5, 5.41) is 0. The van der Waals surface area contributed by atoms with E-state index in [9.17, 15) is 0 Å². The van der Waals surface area contributed by atoms with Crippen LogP contribution < -0.4 is 0 Å². The summed E-state index contributed by atoms with van der Waals surface area (Å²) < 4.78 is 0. The molecule has 4 aromatic carbocycles. The summed E-state index contributed by atoms with van der Waals surface area (Å²) in [5.74, 6) is 0. The molecule has 0 spiro atoms. The Labute approximate surface area is 187 Å². The number of hydrogen-bond donors (Lipinski definition) is 0. The second-order valence-electron chi connectivity index (χ2n) is 8.34. The highest BCUT2D eigenvalue weighted by Gasteiger charge is 2.13. The Balaban J connectivity index is 1.79. The van der Waals surface area contributed by atoms with Gasteiger partial charge in [-0.05, 0) is 71.0 Å². The standard InChI is InChI=1S/C31H31/c1-2-3-13-28-22-29(20-25-14-7-4-8-15-25)31(24-27-18-11-6-12-19-27)30(23-28)21-26-16-9-5-10-17-26/h4-12,14-19,22-23H,1-3,13,20-21,24H2. The quantitative estimate of drug-likeness (QED) is 0.270. The topological polar surface area (TPSA) is 0 Å². The zero-order valence-electron chi connectivity index (χ0n) is 18.3. The molecule has 0 aliphatic rings. The van der Waals surface area contributed by atoms with Crippen LogP contribution in [0.25, 0.3) is 0 Å². The summed E-state index contributed by atoms with van der Waals surface area (Å²) >= 11 is 0. The van der Waals surface area contributed by atoms with Crippen LogP contribution in [0, 0.1) is 6.92 Å². The Morgan fingerprint density at radius 1 is 0.484 bits per heavy atom. The van der Waals surface area contributed by atoms with E-state index < -0.39 is 0 Å². The second-order valence-corrected chi connectivity index (χ2v) is 8.34. The Morgan fingerprint density at radius 2 is 0.903 bits per heavy atom. The Hall–Kier alpha value is -3.12. The van der Waals surface area contributed by atoms with E-state index in [0.29, 0.717) is 0 Å². The molecule has 4 rings (SSSR count). The van der Waals surface area contributed by atoms with E-state index >= 15 is 0 Å². The minimum Gasteiger partial charge on any atom is -0.0622 e. The van der Waals surface area contributed by atoms with Crippen LogP contribution in [0.5, 0.6) is 0 Å². The monoisotopic (exact) mass is 403 g/mol. The molecule has 0 heterocycles. The minimum absolute atomic E-state index is 0.973. The van der Waals surface area contributed by atoms with Crippen molar-refractivity contribution in [3.63, 3.8) is 0 Å². The van der Waals surface area contributed by atoms with Crippen molar-refractivity contribution in [1.29, 1.82) is 0 Å². The van der Waals surface area contributed by atoms with Crippen LogP contribution in [0.4, 0.5) is 0 Å². The smallest absolute Gasteiger partial charge is 0.00201 e. The number of unbranched alkanes of at least 4 members (excludes halogenated alkanes) is 1. The minimum atomic E-state index is 0.973. The third-order valence-corrected chi connectivity index (χ3v) is 5.91. The van der Waals surface area contributed by atoms with Crippen LogP contribution >= 0.6 is 0 Å². The van der Waals surface area contributed by atoms with Gasteiger partial charge in [-0.1, -0.05) is 116 Å². The van der Waals surface area contributed by atoms with Crippen LogP contribution in [0.1, 0.15) is 51.8 Å². The Morgan fingerprint density at radius 3 is 1.32 bits per heavy atom. The zero-order valence-corrected chi connectivity index (χ0v) is 18.3. The van der Waals surface area contributed by atoms with E-state index in [2.05, 4.69) is 110 Å². The first-order chi connectivity index (χ1) is 15.3. The molecular formula is C31H31. The lowest BCUT2D eigenvalue weighted by atomic mass is 9.86. The van der Waals surface area contributed by atoms with Gasteiger partial charge in [0.05, 0.1) is 0 Å². The van der Waals surface area contributed by atoms with Gasteiger partial charge in [0.2, 0.25) is 0 Å². The highest BCUT2D eigenvalue weighted by molar-refractivity contribution is 5.46. The Kier molecular flexibility index (Phi) is 7.34. The van der Waals surface area contributed by atoms with Crippen molar-refractivity contribution in [1.82, 2.24) is 0 Å². The third kappa shape index (κ3) is 5.95. The van der Waals surface area contributed by atoms with Gasteiger partial charge in [0.25, 0.3) is 0 Å². The molecule has 0 unspecified atom stereocenters. The van der Waals surface area contributed by atoms with Crippen molar-refractivity contribution in [2.75, 3.05) is 0 Å². The molecule has 1 radical (unpaired) electrons. The molecule has 0 nitrogen and oxygen atoms in total. The van der Waals surface area contributed by atoms with Gasteiger partial charge >= 0.3 is 0 Å². The van der Waals surface area contributed by atoms with E-state index in [1.165, 1.54) is 38.9 Å². The summed E-state index contributed by atoms with van der Waals surface area (Å²) in [6, 6.07) is 37.5. The SMILES string of the molecule is [CH2]CCCc1cc(Cc2ccccc2)c(Cc2ccccc2)c(Cc2ccccc2)c1. The molecule has 0 aliphatic heterocycles. The lowest BCUT2D eigenvalue weighted by Gasteiger charge is -2.19. The summed E-state index contributed by atoms with van der Waals surface area (Å²) in [6.07, 6.45) is 6.13.